The van der Waals surface area contributed by atoms with E-state index in [1.54, 1.807) is 0 Å². The molecule has 2 bridgehead atoms. The number of fused-ring (bicyclic) bond motifs is 7. The molecule has 9 atom stereocenters. The summed E-state index contributed by atoms with van der Waals surface area (Å²) in [7, 11) is 0. The molecule has 0 aromatic heterocycles. The molecule has 0 spiro atoms. The van der Waals surface area contributed by atoms with Crippen molar-refractivity contribution in [1.29, 1.82) is 0 Å². The Bertz CT molecular complexity index is 873. The SMILES string of the molecule is CC(=O)O[C@H]1C(=O)C2[C@@H](O)C[C@H]3C4CC4C[C@H]3[C@]2(C)CC2(CCO)CCC(C)=C1C2(C)C. The summed E-state index contributed by atoms with van der Waals surface area (Å²) in [5, 5.41) is 21.6. The first kappa shape index (κ1) is 22.6. The molecule has 5 nitrogen and oxygen atoms in total. The third kappa shape index (κ3) is 2.89. The molecule has 0 aromatic rings. The standard InChI is InChI=1S/C27H40O5/c1-14-6-7-27(8-9-28)13-26(5)19-11-16-10-17(16)18(19)12-20(30)22(26)23(31)24(32-15(2)29)21(14)25(27,3)4/h16-20,22,24,28,30H,6-13H2,1-5H3/t16?,17?,18-,19+,20-,22?,24+,26-,27?/m0/s1. The Hall–Kier alpha value is -1.20. The van der Waals surface area contributed by atoms with Gasteiger partial charge < -0.3 is 14.9 Å². The van der Waals surface area contributed by atoms with Gasteiger partial charge in [0.2, 0.25) is 0 Å². The van der Waals surface area contributed by atoms with Gasteiger partial charge in [0.15, 0.2) is 11.9 Å². The predicted octanol–water partition coefficient (Wildman–Crippen LogP) is 4.06. The number of ketones is 1. The lowest BCUT2D eigenvalue weighted by Crippen LogP contribution is -2.62. The van der Waals surface area contributed by atoms with Crippen molar-refractivity contribution in [1.82, 2.24) is 0 Å². The first-order valence-corrected chi connectivity index (χ1v) is 12.7. The second kappa shape index (κ2) is 7.15. The minimum absolute atomic E-state index is 0.101. The number of carbonyl (C=O) groups is 2. The molecule has 0 aromatic carbocycles. The van der Waals surface area contributed by atoms with Crippen LogP contribution in [0.15, 0.2) is 11.1 Å². The molecular formula is C27H40O5. The van der Waals surface area contributed by atoms with Gasteiger partial charge in [0.25, 0.3) is 0 Å². The molecule has 0 saturated heterocycles. The number of Topliss-reactive ketones (excluding diaryl/α,β-unsaturated/α-hetero) is 1. The van der Waals surface area contributed by atoms with E-state index in [0.717, 1.165) is 42.7 Å². The number of rotatable bonds is 3. The molecule has 5 heteroatoms. The van der Waals surface area contributed by atoms with Crippen LogP contribution in [0.25, 0.3) is 0 Å². The molecule has 4 saturated carbocycles. The number of hydrogen-bond donors (Lipinski definition) is 2. The van der Waals surface area contributed by atoms with Gasteiger partial charge in [-0.05, 0) is 97.4 Å². The second-order valence-corrected chi connectivity index (χ2v) is 12.6. The normalized spacial score (nSPS) is 48.8. The number of esters is 1. The topological polar surface area (TPSA) is 83.8 Å². The molecule has 0 radical (unpaired) electrons. The van der Waals surface area contributed by atoms with E-state index in [4.69, 9.17) is 4.74 Å². The Labute approximate surface area is 192 Å². The lowest BCUT2D eigenvalue weighted by Gasteiger charge is -2.62. The predicted molar refractivity (Wildman–Crippen MR) is 120 cm³/mol. The first-order valence-electron chi connectivity index (χ1n) is 12.7. The third-order valence-electron chi connectivity index (χ3n) is 10.9. The molecule has 178 valence electrons. The summed E-state index contributed by atoms with van der Waals surface area (Å²) in [5.74, 6) is 1.29. The molecule has 5 rings (SSSR count). The molecule has 32 heavy (non-hydrogen) atoms. The molecule has 0 amide bonds. The summed E-state index contributed by atoms with van der Waals surface area (Å²) in [6.45, 7) is 10.2. The van der Waals surface area contributed by atoms with E-state index in [9.17, 15) is 19.8 Å². The number of aliphatic hydroxyl groups is 2. The van der Waals surface area contributed by atoms with E-state index in [1.165, 1.54) is 13.3 Å². The highest BCUT2D eigenvalue weighted by Crippen LogP contribution is 2.72. The zero-order valence-corrected chi connectivity index (χ0v) is 20.3. The summed E-state index contributed by atoms with van der Waals surface area (Å²) >= 11 is 0. The Morgan fingerprint density at radius 3 is 2.53 bits per heavy atom. The van der Waals surface area contributed by atoms with Gasteiger partial charge >= 0.3 is 5.97 Å². The highest BCUT2D eigenvalue weighted by molar-refractivity contribution is 5.92. The number of allylic oxidation sites excluding steroid dienone is 1. The fourth-order valence-electron chi connectivity index (χ4n) is 9.42. The second-order valence-electron chi connectivity index (χ2n) is 12.6. The Balaban J connectivity index is 1.71. The molecule has 4 unspecified atom stereocenters. The number of ether oxygens (including phenoxy) is 1. The minimum atomic E-state index is -0.937. The Morgan fingerprint density at radius 1 is 1.16 bits per heavy atom. The third-order valence-corrected chi connectivity index (χ3v) is 10.9. The van der Waals surface area contributed by atoms with Crippen LogP contribution in [-0.2, 0) is 14.3 Å². The van der Waals surface area contributed by atoms with Gasteiger partial charge in [-0.3, -0.25) is 9.59 Å². The van der Waals surface area contributed by atoms with Crippen molar-refractivity contribution < 1.29 is 24.5 Å². The van der Waals surface area contributed by atoms with Crippen molar-refractivity contribution in [2.24, 2.45) is 45.8 Å². The van der Waals surface area contributed by atoms with E-state index in [-0.39, 0.29) is 28.6 Å². The van der Waals surface area contributed by atoms with Crippen LogP contribution in [0.4, 0.5) is 0 Å². The molecule has 5 aliphatic rings. The quantitative estimate of drug-likeness (QED) is 0.507. The summed E-state index contributed by atoms with van der Waals surface area (Å²) in [5.41, 5.74) is 1.10. The smallest absolute Gasteiger partial charge is 0.303 e. The number of aliphatic hydroxyl groups excluding tert-OH is 2. The number of hydrogen-bond acceptors (Lipinski definition) is 5. The minimum Gasteiger partial charge on any atom is -0.450 e. The van der Waals surface area contributed by atoms with Crippen molar-refractivity contribution in [2.45, 2.75) is 91.8 Å². The molecule has 2 N–H and O–H groups in total. The van der Waals surface area contributed by atoms with E-state index in [2.05, 4.69) is 27.7 Å². The fourth-order valence-corrected chi connectivity index (χ4v) is 9.42. The van der Waals surface area contributed by atoms with E-state index >= 15 is 0 Å². The van der Waals surface area contributed by atoms with Gasteiger partial charge in [0.05, 0.1) is 12.0 Å². The van der Waals surface area contributed by atoms with Crippen molar-refractivity contribution in [3.63, 3.8) is 0 Å². The summed E-state index contributed by atoms with van der Waals surface area (Å²) in [4.78, 5) is 26.4. The van der Waals surface area contributed by atoms with Crippen LogP contribution < -0.4 is 0 Å². The highest BCUT2D eigenvalue weighted by Gasteiger charge is 2.69. The van der Waals surface area contributed by atoms with Crippen LogP contribution in [0.3, 0.4) is 0 Å². The fraction of sp³-hybridized carbons (Fsp3) is 0.852. The zero-order chi connectivity index (χ0) is 23.2. The average molecular weight is 445 g/mol. The van der Waals surface area contributed by atoms with Gasteiger partial charge in [0, 0.05) is 13.5 Å². The van der Waals surface area contributed by atoms with Crippen LogP contribution in [0.1, 0.15) is 79.6 Å². The first-order chi connectivity index (χ1) is 15.0. The van der Waals surface area contributed by atoms with Gasteiger partial charge in [-0.15, -0.1) is 0 Å². The van der Waals surface area contributed by atoms with Crippen LogP contribution in [-0.4, -0.2) is 40.8 Å². The van der Waals surface area contributed by atoms with E-state index < -0.39 is 24.1 Å². The van der Waals surface area contributed by atoms with E-state index in [1.807, 2.05) is 0 Å². The molecular weight excluding hydrogens is 404 g/mol. The number of carbonyl (C=O) groups excluding carboxylic acids is 2. The van der Waals surface area contributed by atoms with Crippen LogP contribution in [0.2, 0.25) is 0 Å². The Kier molecular flexibility index (Phi) is 5.05. The van der Waals surface area contributed by atoms with Crippen molar-refractivity contribution in [2.75, 3.05) is 6.61 Å². The zero-order valence-electron chi connectivity index (χ0n) is 20.3. The van der Waals surface area contributed by atoms with Gasteiger partial charge in [-0.1, -0.05) is 26.3 Å². The molecule has 0 aliphatic heterocycles. The van der Waals surface area contributed by atoms with Crippen molar-refractivity contribution in [3.05, 3.63) is 11.1 Å². The Morgan fingerprint density at radius 2 is 1.88 bits per heavy atom. The van der Waals surface area contributed by atoms with Crippen LogP contribution in [0, 0.1) is 45.8 Å². The maximum Gasteiger partial charge on any atom is 0.303 e. The van der Waals surface area contributed by atoms with Crippen LogP contribution in [0.5, 0.6) is 0 Å². The lowest BCUT2D eigenvalue weighted by atomic mass is 9.42. The largest absolute Gasteiger partial charge is 0.450 e. The molecule has 0 heterocycles. The highest BCUT2D eigenvalue weighted by atomic mass is 16.5. The molecule has 4 fully saturated rings. The monoisotopic (exact) mass is 444 g/mol. The van der Waals surface area contributed by atoms with E-state index in [0.29, 0.717) is 30.6 Å². The van der Waals surface area contributed by atoms with Crippen molar-refractivity contribution in [3.8, 4) is 0 Å². The average Bonchev–Trinajstić information content (AvgIpc) is 3.36. The summed E-state index contributed by atoms with van der Waals surface area (Å²) in [6, 6.07) is 0. The van der Waals surface area contributed by atoms with Crippen molar-refractivity contribution >= 4 is 11.8 Å². The summed E-state index contributed by atoms with van der Waals surface area (Å²) in [6.07, 6.45) is 4.81. The maximum atomic E-state index is 14.2. The lowest BCUT2D eigenvalue weighted by molar-refractivity contribution is -0.177. The van der Waals surface area contributed by atoms with Gasteiger partial charge in [0.1, 0.15) is 0 Å². The van der Waals surface area contributed by atoms with Gasteiger partial charge in [-0.2, -0.15) is 0 Å². The molecule has 5 aliphatic carbocycles. The maximum absolute atomic E-state index is 14.2. The van der Waals surface area contributed by atoms with Crippen LogP contribution >= 0.6 is 0 Å². The summed E-state index contributed by atoms with van der Waals surface area (Å²) < 4.78 is 5.82. The van der Waals surface area contributed by atoms with Gasteiger partial charge in [-0.25, -0.2) is 0 Å².